The van der Waals surface area contributed by atoms with Gasteiger partial charge in [0, 0.05) is 4.47 Å². The molecule has 0 aromatic heterocycles. The van der Waals surface area contributed by atoms with Crippen molar-refractivity contribution < 1.29 is 19.1 Å². The minimum atomic E-state index is -0.582. The molecular weight excluding hydrogens is 516 g/mol. The summed E-state index contributed by atoms with van der Waals surface area (Å²) in [6.45, 7) is 5.79. The number of nitrogens with zero attached hydrogens (tertiary/aromatic N) is 1. The van der Waals surface area contributed by atoms with E-state index in [4.69, 9.17) is 33.3 Å². The minimum Gasteiger partial charge on any atom is -0.493 e. The highest BCUT2D eigenvalue weighted by Crippen LogP contribution is 2.38. The van der Waals surface area contributed by atoms with Gasteiger partial charge in [-0.2, -0.15) is 0 Å². The summed E-state index contributed by atoms with van der Waals surface area (Å²) in [6, 6.07) is 8.72. The van der Waals surface area contributed by atoms with Crippen LogP contribution in [0.4, 0.5) is 5.69 Å². The number of anilines is 1. The second-order valence-electron chi connectivity index (χ2n) is 7.26. The van der Waals surface area contributed by atoms with Crippen LogP contribution in [0.25, 0.3) is 6.08 Å². The third kappa shape index (κ3) is 4.98. The van der Waals surface area contributed by atoms with Gasteiger partial charge in [0.25, 0.3) is 11.8 Å². The van der Waals surface area contributed by atoms with E-state index in [2.05, 4.69) is 21.2 Å². The number of hydrogen-bond acceptors (Lipinski definition) is 5. The summed E-state index contributed by atoms with van der Waals surface area (Å²) in [7, 11) is 1.50. The zero-order valence-electron chi connectivity index (χ0n) is 18.0. The Balaban J connectivity index is 2.03. The van der Waals surface area contributed by atoms with Crippen LogP contribution in [0.5, 0.6) is 11.5 Å². The van der Waals surface area contributed by atoms with Crippen molar-refractivity contribution in [1.82, 2.24) is 5.32 Å². The maximum atomic E-state index is 13.3. The first kappa shape index (κ1) is 24.2. The van der Waals surface area contributed by atoms with Crippen molar-refractivity contribution in [1.29, 1.82) is 0 Å². The van der Waals surface area contributed by atoms with Gasteiger partial charge < -0.3 is 9.47 Å². The molecule has 0 saturated carbocycles. The first-order chi connectivity index (χ1) is 15.2. The van der Waals surface area contributed by atoms with Gasteiger partial charge in [-0.3, -0.25) is 19.8 Å². The number of rotatable bonds is 6. The predicted octanol–water partition coefficient (Wildman–Crippen LogP) is 5.43. The van der Waals surface area contributed by atoms with Gasteiger partial charge in [-0.15, -0.1) is 0 Å². The normalized spacial score (nSPS) is 16.2. The molecule has 1 saturated heterocycles. The predicted molar refractivity (Wildman–Crippen MR) is 133 cm³/mol. The zero-order chi connectivity index (χ0) is 23.6. The topological polar surface area (TPSA) is 67.9 Å². The molecule has 1 aliphatic rings. The number of thiocarbonyl (C=S) groups is 1. The van der Waals surface area contributed by atoms with Crippen molar-refractivity contribution in [2.75, 3.05) is 12.0 Å². The quantitative estimate of drug-likeness (QED) is 0.302. The Hall–Kier alpha value is -2.42. The number of hydrogen-bond donors (Lipinski definition) is 1. The number of benzene rings is 2. The highest BCUT2D eigenvalue weighted by Gasteiger charge is 2.35. The second kappa shape index (κ2) is 10.0. The maximum Gasteiger partial charge on any atom is 0.270 e. The van der Waals surface area contributed by atoms with E-state index in [-0.39, 0.29) is 16.8 Å². The van der Waals surface area contributed by atoms with Gasteiger partial charge in [-0.05, 0) is 80.0 Å². The summed E-state index contributed by atoms with van der Waals surface area (Å²) in [6.07, 6.45) is 2.20. The van der Waals surface area contributed by atoms with E-state index in [0.717, 1.165) is 16.5 Å². The number of methoxy groups -OCH3 is 1. The Morgan fingerprint density at radius 1 is 1.28 bits per heavy atom. The molecule has 9 heteroatoms. The van der Waals surface area contributed by atoms with Crippen LogP contribution in [-0.4, -0.2) is 30.1 Å². The molecule has 0 spiro atoms. The molecule has 0 radical (unpaired) electrons. The summed E-state index contributed by atoms with van der Waals surface area (Å²) in [5.74, 6) is -0.289. The summed E-state index contributed by atoms with van der Waals surface area (Å²) < 4.78 is 12.2. The molecule has 32 heavy (non-hydrogen) atoms. The summed E-state index contributed by atoms with van der Waals surface area (Å²) in [5, 5.41) is 2.93. The Morgan fingerprint density at radius 2 is 2.00 bits per heavy atom. The Kier molecular flexibility index (Phi) is 7.59. The van der Waals surface area contributed by atoms with Gasteiger partial charge in [0.05, 0.1) is 23.9 Å². The van der Waals surface area contributed by atoms with E-state index in [1.54, 1.807) is 24.3 Å². The minimum absolute atomic E-state index is 0.0236. The average Bonchev–Trinajstić information content (AvgIpc) is 2.73. The lowest BCUT2D eigenvalue weighted by Gasteiger charge is -2.30. The highest BCUT2D eigenvalue weighted by molar-refractivity contribution is 9.10. The number of ether oxygens (including phenoxy) is 2. The summed E-state index contributed by atoms with van der Waals surface area (Å²) >= 11 is 15.1. The molecule has 1 fully saturated rings. The van der Waals surface area contributed by atoms with Crippen molar-refractivity contribution in [3.8, 4) is 11.5 Å². The van der Waals surface area contributed by atoms with Crippen LogP contribution in [0, 0.1) is 6.92 Å². The number of carbonyl (C=O) groups excluding carboxylic acids is 2. The molecule has 1 heterocycles. The van der Waals surface area contributed by atoms with Gasteiger partial charge in [-0.1, -0.05) is 34.5 Å². The lowest BCUT2D eigenvalue weighted by Crippen LogP contribution is -2.54. The lowest BCUT2D eigenvalue weighted by molar-refractivity contribution is -0.122. The first-order valence-electron chi connectivity index (χ1n) is 9.88. The standard InChI is InChI=1S/C23H22BrClN2O4S/c1-5-13(3)31-20-17(25)10-14(11-19(20)30-4)9-16-21(28)26-23(32)27(22(16)29)18-7-6-15(24)8-12(18)2/h6-11,13H,5H2,1-4H3,(H,26,28,32)/b16-9+/t13-/m1/s1. The summed E-state index contributed by atoms with van der Waals surface area (Å²) in [4.78, 5) is 27.2. The Bertz CT molecular complexity index is 1140. The van der Waals surface area contributed by atoms with Crippen LogP contribution in [-0.2, 0) is 9.59 Å². The smallest absolute Gasteiger partial charge is 0.270 e. The van der Waals surface area contributed by atoms with Gasteiger partial charge in [-0.25, -0.2) is 0 Å². The molecule has 0 bridgehead atoms. The van der Waals surface area contributed by atoms with E-state index in [0.29, 0.717) is 27.8 Å². The van der Waals surface area contributed by atoms with Crippen LogP contribution in [0.3, 0.4) is 0 Å². The fraction of sp³-hybridized carbons (Fsp3) is 0.261. The van der Waals surface area contributed by atoms with Crippen LogP contribution in [0.2, 0.25) is 5.02 Å². The Labute approximate surface area is 205 Å². The van der Waals surface area contributed by atoms with E-state index in [9.17, 15) is 9.59 Å². The molecule has 168 valence electrons. The number of carbonyl (C=O) groups is 2. The molecule has 2 amide bonds. The third-order valence-electron chi connectivity index (χ3n) is 4.96. The maximum absolute atomic E-state index is 13.3. The zero-order valence-corrected chi connectivity index (χ0v) is 21.2. The van der Waals surface area contributed by atoms with Crippen molar-refractivity contribution in [3.05, 3.63) is 56.5 Å². The first-order valence-corrected chi connectivity index (χ1v) is 11.5. The van der Waals surface area contributed by atoms with Crippen LogP contribution >= 0.6 is 39.7 Å². The molecule has 3 rings (SSSR count). The molecule has 2 aromatic carbocycles. The van der Waals surface area contributed by atoms with Crippen LogP contribution < -0.4 is 19.7 Å². The lowest BCUT2D eigenvalue weighted by atomic mass is 10.1. The highest BCUT2D eigenvalue weighted by atomic mass is 79.9. The van der Waals surface area contributed by atoms with Crippen LogP contribution in [0.1, 0.15) is 31.4 Å². The van der Waals surface area contributed by atoms with Gasteiger partial charge >= 0.3 is 0 Å². The number of halogens is 2. The fourth-order valence-electron chi connectivity index (χ4n) is 3.13. The van der Waals surface area contributed by atoms with Crippen molar-refractivity contribution in [3.63, 3.8) is 0 Å². The van der Waals surface area contributed by atoms with Gasteiger partial charge in [0.15, 0.2) is 16.6 Å². The SMILES string of the molecule is CC[C@@H](C)Oc1c(Cl)cc(/C=C2\C(=O)NC(=S)N(c3ccc(Br)cc3C)C2=O)cc1OC. The largest absolute Gasteiger partial charge is 0.493 e. The number of aryl methyl sites for hydroxylation is 1. The molecule has 0 aliphatic carbocycles. The van der Waals surface area contributed by atoms with E-state index < -0.39 is 11.8 Å². The molecular formula is C23H22BrClN2O4S. The molecule has 0 unspecified atom stereocenters. The van der Waals surface area contributed by atoms with Crippen LogP contribution in [0.15, 0.2) is 40.4 Å². The molecule has 1 aliphatic heterocycles. The third-order valence-corrected chi connectivity index (χ3v) is 6.02. The van der Waals surface area contributed by atoms with E-state index in [1.807, 2.05) is 26.8 Å². The number of amides is 2. The Morgan fingerprint density at radius 3 is 2.62 bits per heavy atom. The summed E-state index contributed by atoms with van der Waals surface area (Å²) in [5.41, 5.74) is 1.85. The number of nitrogens with one attached hydrogen (secondary N) is 1. The van der Waals surface area contributed by atoms with Gasteiger partial charge in [0.1, 0.15) is 5.57 Å². The fourth-order valence-corrected chi connectivity index (χ4v) is 4.15. The molecule has 6 nitrogen and oxygen atoms in total. The average molecular weight is 538 g/mol. The molecule has 1 N–H and O–H groups in total. The van der Waals surface area contributed by atoms with Crippen molar-refractivity contribution in [2.24, 2.45) is 0 Å². The van der Waals surface area contributed by atoms with Gasteiger partial charge in [0.2, 0.25) is 0 Å². The second-order valence-corrected chi connectivity index (χ2v) is 8.97. The van der Waals surface area contributed by atoms with E-state index >= 15 is 0 Å². The van der Waals surface area contributed by atoms with Crippen molar-refractivity contribution >= 4 is 68.4 Å². The molecule has 2 aromatic rings. The van der Waals surface area contributed by atoms with Crippen molar-refractivity contribution in [2.45, 2.75) is 33.3 Å². The van der Waals surface area contributed by atoms with E-state index in [1.165, 1.54) is 18.1 Å². The molecule has 1 atom stereocenters. The monoisotopic (exact) mass is 536 g/mol.